The van der Waals surface area contributed by atoms with E-state index in [-0.39, 0.29) is 11.7 Å². The highest BCUT2D eigenvalue weighted by molar-refractivity contribution is 5.81. The molecule has 0 radical (unpaired) electrons. The summed E-state index contributed by atoms with van der Waals surface area (Å²) in [5.74, 6) is 1.17. The van der Waals surface area contributed by atoms with Gasteiger partial charge in [-0.05, 0) is 90.1 Å². The van der Waals surface area contributed by atoms with Gasteiger partial charge < -0.3 is 23.8 Å². The predicted molar refractivity (Wildman–Crippen MR) is 193 cm³/mol. The number of piperidine rings is 1. The molecule has 0 amide bonds. The summed E-state index contributed by atoms with van der Waals surface area (Å²) in [5, 5.41) is 5.19. The van der Waals surface area contributed by atoms with Gasteiger partial charge in [0.2, 0.25) is 0 Å². The maximum atomic E-state index is 13.4. The molecule has 1 saturated heterocycles. The number of carbonyl (C=O) groups excluding carboxylic acids is 1. The van der Waals surface area contributed by atoms with Crippen molar-refractivity contribution >= 4 is 17.4 Å². The molecule has 0 aliphatic carbocycles. The van der Waals surface area contributed by atoms with E-state index in [0.29, 0.717) is 36.6 Å². The first-order valence-corrected chi connectivity index (χ1v) is 17.5. The van der Waals surface area contributed by atoms with Crippen LogP contribution in [0.25, 0.3) is 28.0 Å². The highest BCUT2D eigenvalue weighted by atomic mass is 16.6. The smallest absolute Gasteiger partial charge is 0.339 e. The third kappa shape index (κ3) is 7.53. The molecule has 3 aliphatic rings. The number of ether oxygens (including phenoxy) is 4. The normalized spacial score (nSPS) is 21.2. The summed E-state index contributed by atoms with van der Waals surface area (Å²) in [6.07, 6.45) is 6.57. The molecule has 49 heavy (non-hydrogen) atoms. The van der Waals surface area contributed by atoms with Gasteiger partial charge in [0.15, 0.2) is 11.8 Å². The fraction of sp³-hybridized carbons (Fsp3) is 0.475. The lowest BCUT2D eigenvalue weighted by Crippen LogP contribution is -2.45. The number of anilines is 1. The Morgan fingerprint density at radius 1 is 1.08 bits per heavy atom. The standard InChI is InChI=1S/C40H50N4O5/c1-9-28-16-17-33-31(23-28)29-14-12-15-30(24-29)32-25-34-41-27(3)35(36(38(45)46-8)49-39(4,5)6)37(44(34)42-32)43-20-18-40(7,19-21-43)47-22-11-10-13-26(2)48-33/h10-12,14-17,23-26,36H,9,13,18-22H2,1-8H3/b11-10-/t26-,36-/m0/s1. The van der Waals surface area contributed by atoms with E-state index in [1.807, 2.05) is 38.3 Å². The van der Waals surface area contributed by atoms with Gasteiger partial charge in [0.05, 0.1) is 42.3 Å². The number of benzene rings is 2. The Balaban J connectivity index is 1.55. The molecule has 7 rings (SSSR count). The first-order chi connectivity index (χ1) is 23.4. The first-order valence-electron chi connectivity index (χ1n) is 17.5. The zero-order valence-electron chi connectivity index (χ0n) is 30.2. The quantitative estimate of drug-likeness (QED) is 0.160. The molecule has 0 spiro atoms. The van der Waals surface area contributed by atoms with Crippen molar-refractivity contribution in [1.29, 1.82) is 0 Å². The Morgan fingerprint density at radius 2 is 1.84 bits per heavy atom. The first kappa shape index (κ1) is 34.6. The maximum Gasteiger partial charge on any atom is 0.339 e. The molecule has 3 aliphatic heterocycles. The molecule has 5 heterocycles. The van der Waals surface area contributed by atoms with Crippen molar-refractivity contribution in [3.05, 3.63) is 77.5 Å². The molecule has 2 aromatic carbocycles. The molecule has 0 N–H and O–H groups in total. The number of aryl methyl sites for hydroxylation is 2. The van der Waals surface area contributed by atoms with Crippen molar-refractivity contribution < 1.29 is 23.7 Å². The van der Waals surface area contributed by atoms with Gasteiger partial charge in [-0.15, -0.1) is 0 Å². The van der Waals surface area contributed by atoms with E-state index >= 15 is 0 Å². The molecule has 2 aromatic heterocycles. The van der Waals surface area contributed by atoms with E-state index in [9.17, 15) is 4.79 Å². The van der Waals surface area contributed by atoms with Crippen molar-refractivity contribution in [1.82, 2.24) is 14.6 Å². The Kier molecular flexibility index (Phi) is 9.87. The summed E-state index contributed by atoms with van der Waals surface area (Å²) in [4.78, 5) is 20.7. The summed E-state index contributed by atoms with van der Waals surface area (Å²) in [6, 6.07) is 16.9. The lowest BCUT2D eigenvalue weighted by molar-refractivity contribution is -0.164. The van der Waals surface area contributed by atoms with Crippen LogP contribution in [0.4, 0.5) is 5.82 Å². The summed E-state index contributed by atoms with van der Waals surface area (Å²) >= 11 is 0. The monoisotopic (exact) mass is 666 g/mol. The molecule has 0 saturated carbocycles. The SMILES string of the molecule is CCc1ccc2c(c1)-c1cccc(c1)-c1cc3nc(C)c([C@H](OC(C)(C)C)C(=O)OC)c(n3n1)N1CCC(C)(CC1)OC/C=C\C[C@H](C)O2. The second-order valence-corrected chi connectivity index (χ2v) is 14.5. The third-order valence-corrected chi connectivity index (χ3v) is 9.49. The van der Waals surface area contributed by atoms with Crippen LogP contribution < -0.4 is 9.64 Å². The van der Waals surface area contributed by atoms with E-state index in [1.54, 1.807) is 0 Å². The minimum atomic E-state index is -0.986. The van der Waals surface area contributed by atoms with Crippen LogP contribution in [-0.2, 0) is 25.4 Å². The van der Waals surface area contributed by atoms with Gasteiger partial charge in [-0.1, -0.05) is 43.3 Å². The molecule has 0 unspecified atom stereocenters. The molecular weight excluding hydrogens is 616 g/mol. The third-order valence-electron chi connectivity index (χ3n) is 9.49. The van der Waals surface area contributed by atoms with Crippen LogP contribution in [-0.4, -0.2) is 64.7 Å². The van der Waals surface area contributed by atoms with Crippen LogP contribution >= 0.6 is 0 Å². The molecule has 260 valence electrons. The number of fused-ring (bicyclic) bond motifs is 7. The van der Waals surface area contributed by atoms with E-state index in [0.717, 1.165) is 59.6 Å². The lowest BCUT2D eigenvalue weighted by Gasteiger charge is -2.41. The summed E-state index contributed by atoms with van der Waals surface area (Å²) in [5.41, 5.74) is 6.24. The fourth-order valence-corrected chi connectivity index (χ4v) is 6.73. The van der Waals surface area contributed by atoms with Crippen LogP contribution in [0.1, 0.15) is 83.7 Å². The van der Waals surface area contributed by atoms with Crippen molar-refractivity contribution in [3.8, 4) is 28.1 Å². The summed E-state index contributed by atoms with van der Waals surface area (Å²) < 4.78 is 26.6. The van der Waals surface area contributed by atoms with Crippen molar-refractivity contribution in [2.24, 2.45) is 0 Å². The van der Waals surface area contributed by atoms with Gasteiger partial charge >= 0.3 is 5.97 Å². The maximum absolute atomic E-state index is 13.4. The summed E-state index contributed by atoms with van der Waals surface area (Å²) in [6.45, 7) is 16.2. The average molecular weight is 667 g/mol. The molecular formula is C40H50N4O5. The highest BCUT2D eigenvalue weighted by Gasteiger charge is 2.38. The average Bonchev–Trinajstić information content (AvgIpc) is 3.50. The van der Waals surface area contributed by atoms with Gasteiger partial charge in [0, 0.05) is 42.4 Å². The number of rotatable bonds is 4. The number of hydrogen-bond acceptors (Lipinski definition) is 8. The fourth-order valence-electron chi connectivity index (χ4n) is 6.73. The van der Waals surface area contributed by atoms with Crippen LogP contribution in [0.5, 0.6) is 5.75 Å². The van der Waals surface area contributed by atoms with Crippen molar-refractivity contribution in [2.75, 3.05) is 31.7 Å². The Morgan fingerprint density at radius 3 is 2.55 bits per heavy atom. The minimum absolute atomic E-state index is 0.00784. The Bertz CT molecular complexity index is 1850. The number of esters is 1. The van der Waals surface area contributed by atoms with E-state index < -0.39 is 17.7 Å². The zero-order valence-corrected chi connectivity index (χ0v) is 30.2. The molecule has 1 fully saturated rings. The Labute approximate surface area is 290 Å². The number of hydrogen-bond donors (Lipinski definition) is 0. The highest BCUT2D eigenvalue weighted by Crippen LogP contribution is 2.40. The Hall–Kier alpha value is -4.21. The molecule has 9 heteroatoms. The molecule has 9 nitrogen and oxygen atoms in total. The van der Waals surface area contributed by atoms with Crippen molar-refractivity contribution in [3.63, 3.8) is 0 Å². The van der Waals surface area contributed by atoms with Crippen LogP contribution in [0.3, 0.4) is 0 Å². The molecule has 4 aromatic rings. The van der Waals surface area contributed by atoms with Gasteiger partial charge in [0.1, 0.15) is 11.6 Å². The van der Waals surface area contributed by atoms with Crippen LogP contribution in [0.15, 0.2) is 60.7 Å². The number of nitrogens with zero attached hydrogens (tertiary/aromatic N) is 4. The zero-order chi connectivity index (χ0) is 34.9. The number of carbonyl (C=O) groups is 1. The van der Waals surface area contributed by atoms with Crippen LogP contribution in [0.2, 0.25) is 0 Å². The topological polar surface area (TPSA) is 87.4 Å². The predicted octanol–water partition coefficient (Wildman–Crippen LogP) is 8.07. The van der Waals surface area contributed by atoms with E-state index in [1.165, 1.54) is 12.7 Å². The van der Waals surface area contributed by atoms with Crippen LogP contribution in [0, 0.1) is 6.92 Å². The van der Waals surface area contributed by atoms with Gasteiger partial charge in [-0.2, -0.15) is 9.61 Å². The second kappa shape index (κ2) is 14.0. The largest absolute Gasteiger partial charge is 0.490 e. The van der Waals surface area contributed by atoms with Crippen molar-refractivity contribution in [2.45, 2.75) is 97.6 Å². The minimum Gasteiger partial charge on any atom is -0.490 e. The number of aromatic nitrogens is 3. The summed E-state index contributed by atoms with van der Waals surface area (Å²) in [7, 11) is 1.39. The molecule has 2 atom stereocenters. The number of methoxy groups -OCH3 is 1. The van der Waals surface area contributed by atoms with Gasteiger partial charge in [-0.3, -0.25) is 0 Å². The van der Waals surface area contributed by atoms with E-state index in [2.05, 4.69) is 80.3 Å². The lowest BCUT2D eigenvalue weighted by atomic mass is 9.92. The van der Waals surface area contributed by atoms with Gasteiger partial charge in [-0.25, -0.2) is 9.78 Å². The molecule has 6 bridgehead atoms. The van der Waals surface area contributed by atoms with Gasteiger partial charge in [0.25, 0.3) is 0 Å². The second-order valence-electron chi connectivity index (χ2n) is 14.5. The van der Waals surface area contributed by atoms with E-state index in [4.69, 9.17) is 29.0 Å².